The predicted octanol–water partition coefficient (Wildman–Crippen LogP) is 5.17. The number of para-hydroxylation sites is 2. The van der Waals surface area contributed by atoms with Crippen LogP contribution in [0.25, 0.3) is 16.7 Å². The van der Waals surface area contributed by atoms with Gasteiger partial charge in [0, 0.05) is 0 Å². The van der Waals surface area contributed by atoms with E-state index in [-0.39, 0.29) is 12.4 Å². The van der Waals surface area contributed by atoms with E-state index in [1.54, 1.807) is 26.2 Å². The van der Waals surface area contributed by atoms with Gasteiger partial charge in [-0.2, -0.15) is 0 Å². The van der Waals surface area contributed by atoms with Crippen LogP contribution in [0.4, 0.5) is 10.3 Å². The van der Waals surface area contributed by atoms with Gasteiger partial charge in [-0.15, -0.1) is 0 Å². The fourth-order valence-electron chi connectivity index (χ4n) is 4.21. The molecule has 1 aliphatic heterocycles. The molecule has 7 heteroatoms. The van der Waals surface area contributed by atoms with Crippen LogP contribution >= 0.6 is 0 Å². The maximum Gasteiger partial charge on any atom is 0.338 e. The maximum atomic E-state index is 13.7. The number of nitrogens with one attached hydrogen (secondary N) is 1. The van der Waals surface area contributed by atoms with Crippen molar-refractivity contribution in [2.75, 3.05) is 19.0 Å². The summed E-state index contributed by atoms with van der Waals surface area (Å²) >= 11 is 0. The van der Waals surface area contributed by atoms with Crippen molar-refractivity contribution < 1.29 is 18.7 Å². The number of anilines is 1. The first-order valence-corrected chi connectivity index (χ1v) is 10.7. The standard InChI is InChI=1S/C26H22FN3O3/c1-3-33-25(31)22-23(16-8-12-18(27)13-9-16)29-26-28-20-6-4-5-7-21(20)30(26)24(22)17-10-14-19(32-2)15-11-17/h4-15,24H,3H2,1-2H3,(H,28,29)/t24-/m1/s1. The summed E-state index contributed by atoms with van der Waals surface area (Å²) in [4.78, 5) is 18.1. The van der Waals surface area contributed by atoms with Crippen molar-refractivity contribution >= 4 is 28.6 Å². The molecule has 0 amide bonds. The van der Waals surface area contributed by atoms with Crippen LogP contribution in [0, 0.1) is 5.82 Å². The molecule has 166 valence electrons. The van der Waals surface area contributed by atoms with E-state index in [2.05, 4.69) is 5.32 Å². The van der Waals surface area contributed by atoms with Gasteiger partial charge in [-0.3, -0.25) is 4.57 Å². The molecule has 33 heavy (non-hydrogen) atoms. The van der Waals surface area contributed by atoms with Gasteiger partial charge < -0.3 is 14.8 Å². The number of aromatic nitrogens is 2. The second-order valence-electron chi connectivity index (χ2n) is 7.61. The number of halogens is 1. The first kappa shape index (κ1) is 20.8. The molecule has 0 fully saturated rings. The minimum absolute atomic E-state index is 0.228. The highest BCUT2D eigenvalue weighted by molar-refractivity contribution is 6.03. The molecule has 0 radical (unpaired) electrons. The lowest BCUT2D eigenvalue weighted by Crippen LogP contribution is -2.29. The summed E-state index contributed by atoms with van der Waals surface area (Å²) in [5, 5.41) is 3.32. The summed E-state index contributed by atoms with van der Waals surface area (Å²) < 4.78 is 26.5. The van der Waals surface area contributed by atoms with E-state index in [9.17, 15) is 9.18 Å². The van der Waals surface area contributed by atoms with Crippen molar-refractivity contribution in [2.45, 2.75) is 13.0 Å². The Bertz CT molecular complexity index is 1360. The molecule has 0 saturated heterocycles. The zero-order valence-electron chi connectivity index (χ0n) is 18.2. The maximum absolute atomic E-state index is 13.7. The van der Waals surface area contributed by atoms with Crippen LogP contribution < -0.4 is 10.1 Å². The van der Waals surface area contributed by atoms with Gasteiger partial charge in [0.15, 0.2) is 0 Å². The molecule has 0 spiro atoms. The highest BCUT2D eigenvalue weighted by Crippen LogP contribution is 2.42. The molecule has 6 nitrogen and oxygen atoms in total. The molecule has 1 N–H and O–H groups in total. The Labute approximate surface area is 190 Å². The summed E-state index contributed by atoms with van der Waals surface area (Å²) in [5.41, 5.74) is 4.16. The second-order valence-corrected chi connectivity index (χ2v) is 7.61. The van der Waals surface area contributed by atoms with Crippen LogP contribution in [-0.4, -0.2) is 29.2 Å². The van der Waals surface area contributed by atoms with Gasteiger partial charge in [-0.1, -0.05) is 24.3 Å². The summed E-state index contributed by atoms with van der Waals surface area (Å²) in [6.45, 7) is 2.00. The van der Waals surface area contributed by atoms with Crippen molar-refractivity contribution in [1.29, 1.82) is 0 Å². The Morgan fingerprint density at radius 1 is 1.06 bits per heavy atom. The molecular weight excluding hydrogens is 421 g/mol. The molecule has 1 atom stereocenters. The van der Waals surface area contributed by atoms with E-state index in [1.165, 1.54) is 12.1 Å². The van der Waals surface area contributed by atoms with Gasteiger partial charge in [0.1, 0.15) is 11.6 Å². The quantitative estimate of drug-likeness (QED) is 0.431. The molecule has 1 aliphatic rings. The predicted molar refractivity (Wildman–Crippen MR) is 124 cm³/mol. The molecule has 3 aromatic carbocycles. The van der Waals surface area contributed by atoms with E-state index in [0.29, 0.717) is 28.5 Å². The van der Waals surface area contributed by atoms with Crippen molar-refractivity contribution in [3.63, 3.8) is 0 Å². The van der Waals surface area contributed by atoms with Gasteiger partial charge >= 0.3 is 5.97 Å². The number of nitrogens with zero attached hydrogens (tertiary/aromatic N) is 2. The van der Waals surface area contributed by atoms with Crippen LogP contribution in [0.1, 0.15) is 24.1 Å². The second kappa shape index (κ2) is 8.43. The zero-order chi connectivity index (χ0) is 22.9. The van der Waals surface area contributed by atoms with Crippen molar-refractivity contribution in [2.24, 2.45) is 0 Å². The third-order valence-electron chi connectivity index (χ3n) is 5.69. The fourth-order valence-corrected chi connectivity index (χ4v) is 4.21. The SMILES string of the molecule is CCOC(=O)C1=C(c2ccc(F)cc2)Nc2nc3ccccc3n2[C@@H]1c1ccc(OC)cc1. The number of methoxy groups -OCH3 is 1. The van der Waals surface area contributed by atoms with E-state index >= 15 is 0 Å². The Balaban J connectivity index is 1.80. The fraction of sp³-hybridized carbons (Fsp3) is 0.154. The minimum Gasteiger partial charge on any atom is -0.497 e. The number of hydrogen-bond donors (Lipinski definition) is 1. The number of rotatable bonds is 5. The average molecular weight is 443 g/mol. The number of imidazole rings is 1. The summed E-state index contributed by atoms with van der Waals surface area (Å²) in [5.74, 6) is 0.494. The van der Waals surface area contributed by atoms with Gasteiger partial charge in [0.25, 0.3) is 0 Å². The Morgan fingerprint density at radius 3 is 2.48 bits per heavy atom. The Hall–Kier alpha value is -4.13. The number of ether oxygens (including phenoxy) is 2. The number of benzene rings is 3. The number of carbonyl (C=O) groups excluding carboxylic acids is 1. The van der Waals surface area contributed by atoms with E-state index < -0.39 is 12.0 Å². The first-order valence-electron chi connectivity index (χ1n) is 10.7. The molecular formula is C26H22FN3O3. The van der Waals surface area contributed by atoms with Gasteiger partial charge in [-0.25, -0.2) is 14.2 Å². The van der Waals surface area contributed by atoms with E-state index in [4.69, 9.17) is 14.5 Å². The smallest absolute Gasteiger partial charge is 0.338 e. The van der Waals surface area contributed by atoms with Crippen LogP contribution in [0.5, 0.6) is 5.75 Å². The van der Waals surface area contributed by atoms with Crippen LogP contribution in [-0.2, 0) is 9.53 Å². The third-order valence-corrected chi connectivity index (χ3v) is 5.69. The van der Waals surface area contributed by atoms with Gasteiger partial charge in [0.05, 0.1) is 42.1 Å². The lowest BCUT2D eigenvalue weighted by molar-refractivity contribution is -0.138. The molecule has 2 heterocycles. The number of fused-ring (bicyclic) bond motifs is 3. The lowest BCUT2D eigenvalue weighted by Gasteiger charge is -2.31. The van der Waals surface area contributed by atoms with Crippen molar-refractivity contribution in [3.05, 3.63) is 95.3 Å². The number of hydrogen-bond acceptors (Lipinski definition) is 5. The monoisotopic (exact) mass is 443 g/mol. The molecule has 0 aliphatic carbocycles. The first-order chi connectivity index (χ1) is 16.1. The molecule has 4 aromatic rings. The summed E-state index contributed by atoms with van der Waals surface area (Å²) in [7, 11) is 1.61. The van der Waals surface area contributed by atoms with Gasteiger partial charge in [-0.05, 0) is 66.6 Å². The number of esters is 1. The Kier molecular flexibility index (Phi) is 5.30. The minimum atomic E-state index is -0.515. The normalized spacial score (nSPS) is 15.2. The highest BCUT2D eigenvalue weighted by atomic mass is 19.1. The van der Waals surface area contributed by atoms with Crippen molar-refractivity contribution in [3.8, 4) is 5.75 Å². The molecule has 5 rings (SSSR count). The zero-order valence-corrected chi connectivity index (χ0v) is 18.2. The van der Waals surface area contributed by atoms with Crippen molar-refractivity contribution in [1.82, 2.24) is 9.55 Å². The summed E-state index contributed by atoms with van der Waals surface area (Å²) in [6, 6.07) is 20.8. The Morgan fingerprint density at radius 2 is 1.79 bits per heavy atom. The van der Waals surface area contributed by atoms with Crippen LogP contribution in [0.15, 0.2) is 78.4 Å². The molecule has 0 unspecified atom stereocenters. The van der Waals surface area contributed by atoms with E-state index in [0.717, 1.165) is 16.6 Å². The average Bonchev–Trinajstić information content (AvgIpc) is 3.22. The molecule has 1 aromatic heterocycles. The number of carbonyl (C=O) groups is 1. The lowest BCUT2D eigenvalue weighted by atomic mass is 9.92. The summed E-state index contributed by atoms with van der Waals surface area (Å²) in [6.07, 6.45) is 0. The van der Waals surface area contributed by atoms with Gasteiger partial charge in [0.2, 0.25) is 5.95 Å². The van der Waals surface area contributed by atoms with E-state index in [1.807, 2.05) is 53.1 Å². The highest BCUT2D eigenvalue weighted by Gasteiger charge is 2.36. The molecule has 0 saturated carbocycles. The van der Waals surface area contributed by atoms with Crippen LogP contribution in [0.3, 0.4) is 0 Å². The molecule has 0 bridgehead atoms. The third kappa shape index (κ3) is 3.61. The largest absolute Gasteiger partial charge is 0.497 e. The van der Waals surface area contributed by atoms with Crippen LogP contribution in [0.2, 0.25) is 0 Å². The topological polar surface area (TPSA) is 65.4 Å².